The van der Waals surface area contributed by atoms with Crippen molar-refractivity contribution in [3.8, 4) is 0 Å². The van der Waals surface area contributed by atoms with Crippen LogP contribution < -0.4 is 16.4 Å². The predicted molar refractivity (Wildman–Crippen MR) is 82.2 cm³/mol. The molecule has 0 atom stereocenters. The van der Waals surface area contributed by atoms with E-state index >= 15 is 0 Å². The lowest BCUT2D eigenvalue weighted by molar-refractivity contribution is 0.0602. The van der Waals surface area contributed by atoms with E-state index in [4.69, 9.17) is 16.2 Å². The second kappa shape index (κ2) is 6.34. The minimum Gasteiger partial charge on any atom is -0.465 e. The number of hydrogen-bond acceptors (Lipinski definition) is 6. The van der Waals surface area contributed by atoms with Gasteiger partial charge in [-0.2, -0.15) is 5.10 Å². The van der Waals surface area contributed by atoms with Gasteiger partial charge in [0.1, 0.15) is 11.4 Å². The molecule has 0 saturated carbocycles. The number of nitrogens with two attached hydrogens (primary N) is 2. The largest absolute Gasteiger partial charge is 0.465 e. The van der Waals surface area contributed by atoms with Gasteiger partial charge in [-0.3, -0.25) is 0 Å². The highest BCUT2D eigenvalue weighted by atomic mass is 16.5. The monoisotopic (exact) mass is 295 g/mol. The van der Waals surface area contributed by atoms with Crippen LogP contribution in [0.1, 0.15) is 37.0 Å². The maximum absolute atomic E-state index is 12.1. The van der Waals surface area contributed by atoms with Crippen molar-refractivity contribution in [1.29, 1.82) is 0 Å². The molecule has 1 aliphatic rings. The number of carbonyl (C=O) groups excluding carboxylic acids is 1. The zero-order chi connectivity index (χ0) is 15.6. The third-order valence-corrected chi connectivity index (χ3v) is 3.74. The number of piperidine rings is 1. The Morgan fingerprint density at radius 3 is 2.57 bits per heavy atom. The molecule has 1 fully saturated rings. The molecule has 7 heteroatoms. The van der Waals surface area contributed by atoms with Crippen molar-refractivity contribution in [2.45, 2.75) is 39.3 Å². The number of methoxy groups -OCH3 is 1. The molecule has 0 unspecified atom stereocenters. The highest BCUT2D eigenvalue weighted by molar-refractivity contribution is 5.99. The van der Waals surface area contributed by atoms with E-state index in [1.165, 1.54) is 7.11 Å². The molecule has 2 rings (SSSR count). The molecule has 0 aromatic carbocycles. The lowest BCUT2D eigenvalue weighted by atomic mass is 10.1. The van der Waals surface area contributed by atoms with Crippen LogP contribution in [0.25, 0.3) is 0 Å². The maximum atomic E-state index is 12.1. The van der Waals surface area contributed by atoms with Crippen LogP contribution in [0.5, 0.6) is 0 Å². The van der Waals surface area contributed by atoms with Crippen molar-refractivity contribution in [2.24, 2.45) is 11.7 Å². The number of aromatic nitrogens is 2. The number of rotatable bonds is 4. The first kappa shape index (κ1) is 15.6. The van der Waals surface area contributed by atoms with Gasteiger partial charge in [-0.25, -0.2) is 9.48 Å². The SMILES string of the molecule is COC(=O)c1c(N2CCC(N)CC2)nn(CC(C)C)c1N. The van der Waals surface area contributed by atoms with Gasteiger partial charge in [-0.1, -0.05) is 13.8 Å². The summed E-state index contributed by atoms with van der Waals surface area (Å²) >= 11 is 0. The number of nitrogen functional groups attached to an aromatic ring is 1. The summed E-state index contributed by atoms with van der Waals surface area (Å²) in [4.78, 5) is 14.1. The Morgan fingerprint density at radius 2 is 2.05 bits per heavy atom. The van der Waals surface area contributed by atoms with Gasteiger partial charge in [0, 0.05) is 25.7 Å². The lowest BCUT2D eigenvalue weighted by Gasteiger charge is -2.30. The van der Waals surface area contributed by atoms with Crippen LogP contribution in [-0.2, 0) is 11.3 Å². The number of anilines is 2. The van der Waals surface area contributed by atoms with Gasteiger partial charge in [-0.05, 0) is 18.8 Å². The Morgan fingerprint density at radius 1 is 1.43 bits per heavy atom. The summed E-state index contributed by atoms with van der Waals surface area (Å²) in [5, 5.41) is 4.54. The molecule has 21 heavy (non-hydrogen) atoms. The fourth-order valence-corrected chi connectivity index (χ4v) is 2.58. The van der Waals surface area contributed by atoms with Crippen LogP contribution in [0, 0.1) is 5.92 Å². The highest BCUT2D eigenvalue weighted by Gasteiger charge is 2.28. The van der Waals surface area contributed by atoms with Crippen LogP contribution in [0.15, 0.2) is 0 Å². The Kier molecular flexibility index (Phi) is 4.72. The normalized spacial score (nSPS) is 16.5. The molecule has 1 saturated heterocycles. The van der Waals surface area contributed by atoms with Gasteiger partial charge >= 0.3 is 5.97 Å². The van der Waals surface area contributed by atoms with Gasteiger partial charge < -0.3 is 21.1 Å². The lowest BCUT2D eigenvalue weighted by Crippen LogP contribution is -2.40. The number of esters is 1. The summed E-state index contributed by atoms with van der Waals surface area (Å²) in [7, 11) is 1.36. The quantitative estimate of drug-likeness (QED) is 0.798. The molecular weight excluding hydrogens is 270 g/mol. The van der Waals surface area contributed by atoms with Crippen molar-refractivity contribution in [2.75, 3.05) is 30.8 Å². The van der Waals surface area contributed by atoms with Crippen LogP contribution >= 0.6 is 0 Å². The van der Waals surface area contributed by atoms with E-state index in [1.807, 2.05) is 0 Å². The van der Waals surface area contributed by atoms with Crippen molar-refractivity contribution >= 4 is 17.6 Å². The third-order valence-electron chi connectivity index (χ3n) is 3.74. The second-order valence-electron chi connectivity index (χ2n) is 5.98. The molecule has 1 aromatic heterocycles. The molecule has 0 bridgehead atoms. The maximum Gasteiger partial charge on any atom is 0.345 e. The van der Waals surface area contributed by atoms with Gasteiger partial charge in [0.05, 0.1) is 7.11 Å². The van der Waals surface area contributed by atoms with Gasteiger partial charge in [0.25, 0.3) is 0 Å². The summed E-state index contributed by atoms with van der Waals surface area (Å²) in [5.41, 5.74) is 12.4. The second-order valence-corrected chi connectivity index (χ2v) is 5.98. The standard InChI is InChI=1S/C14H25N5O2/c1-9(2)8-19-12(16)11(14(20)21-3)13(17-19)18-6-4-10(15)5-7-18/h9-10H,4-8,15-16H2,1-3H3. The Bertz CT molecular complexity index is 504. The zero-order valence-electron chi connectivity index (χ0n) is 13.0. The minimum absolute atomic E-state index is 0.220. The van der Waals surface area contributed by atoms with E-state index in [0.29, 0.717) is 29.7 Å². The van der Waals surface area contributed by atoms with Gasteiger partial charge in [-0.15, -0.1) is 0 Å². The summed E-state index contributed by atoms with van der Waals surface area (Å²) in [5.74, 6) is 0.944. The first-order valence-corrected chi connectivity index (χ1v) is 7.39. The predicted octanol–water partition coefficient (Wildman–Crippen LogP) is 0.835. The Labute approximate surface area is 125 Å². The molecule has 1 aliphatic heterocycles. The van der Waals surface area contributed by atoms with Crippen LogP contribution in [0.4, 0.5) is 11.6 Å². The molecule has 4 N–H and O–H groups in total. The average Bonchev–Trinajstić information content (AvgIpc) is 2.75. The topological polar surface area (TPSA) is 99.4 Å². The minimum atomic E-state index is -0.438. The summed E-state index contributed by atoms with van der Waals surface area (Å²) in [6.07, 6.45) is 1.77. The zero-order valence-corrected chi connectivity index (χ0v) is 13.0. The van der Waals surface area contributed by atoms with E-state index in [9.17, 15) is 4.79 Å². The molecule has 0 spiro atoms. The molecular formula is C14H25N5O2. The average molecular weight is 295 g/mol. The van der Waals surface area contributed by atoms with Crippen molar-refractivity contribution in [3.05, 3.63) is 5.56 Å². The van der Waals surface area contributed by atoms with Crippen molar-refractivity contribution < 1.29 is 9.53 Å². The van der Waals surface area contributed by atoms with Gasteiger partial charge in [0.2, 0.25) is 0 Å². The molecule has 1 aromatic rings. The van der Waals surface area contributed by atoms with E-state index < -0.39 is 5.97 Å². The Balaban J connectivity index is 2.36. The number of carbonyl (C=O) groups is 1. The molecule has 0 amide bonds. The van der Waals surface area contributed by atoms with E-state index in [1.54, 1.807) is 4.68 Å². The van der Waals surface area contributed by atoms with Crippen LogP contribution in [-0.4, -0.2) is 42.0 Å². The van der Waals surface area contributed by atoms with Crippen LogP contribution in [0.2, 0.25) is 0 Å². The number of ether oxygens (including phenoxy) is 1. The fourth-order valence-electron chi connectivity index (χ4n) is 2.58. The molecule has 118 valence electrons. The van der Waals surface area contributed by atoms with E-state index in [-0.39, 0.29) is 6.04 Å². The van der Waals surface area contributed by atoms with Crippen LogP contribution in [0.3, 0.4) is 0 Å². The fraction of sp³-hybridized carbons (Fsp3) is 0.714. The Hall–Kier alpha value is -1.76. The first-order valence-electron chi connectivity index (χ1n) is 7.39. The molecule has 2 heterocycles. The summed E-state index contributed by atoms with van der Waals surface area (Å²) < 4.78 is 6.56. The van der Waals surface area contributed by atoms with Crippen molar-refractivity contribution in [1.82, 2.24) is 9.78 Å². The molecule has 0 radical (unpaired) electrons. The molecule has 0 aliphatic carbocycles. The number of nitrogens with zero attached hydrogens (tertiary/aromatic N) is 3. The smallest absolute Gasteiger partial charge is 0.345 e. The third kappa shape index (κ3) is 3.29. The molecule has 7 nitrogen and oxygen atoms in total. The summed E-state index contributed by atoms with van der Waals surface area (Å²) in [6, 6.07) is 0.220. The highest BCUT2D eigenvalue weighted by Crippen LogP contribution is 2.28. The van der Waals surface area contributed by atoms with Gasteiger partial charge in [0.15, 0.2) is 5.82 Å². The van der Waals surface area contributed by atoms with E-state index in [0.717, 1.165) is 25.9 Å². The first-order chi connectivity index (χ1) is 9.93. The van der Waals surface area contributed by atoms with Crippen molar-refractivity contribution in [3.63, 3.8) is 0 Å². The number of hydrogen-bond donors (Lipinski definition) is 2. The summed E-state index contributed by atoms with van der Waals surface area (Å²) in [6.45, 7) is 6.40. The van der Waals surface area contributed by atoms with E-state index in [2.05, 4.69) is 23.8 Å².